The highest BCUT2D eigenvalue weighted by Gasteiger charge is 2.47. The molecule has 6 nitrogen and oxygen atoms in total. The average Bonchev–Trinajstić information content (AvgIpc) is 2.79. The number of carboxylic acid groups (broad SMARTS) is 1. The number of carbonyl (C=O) groups excluding carboxylic acids is 1. The third-order valence-electron chi connectivity index (χ3n) is 3.87. The molecule has 1 unspecified atom stereocenters. The van der Waals surface area contributed by atoms with Crippen LogP contribution < -0.4 is 5.32 Å². The second kappa shape index (κ2) is 8.21. The Labute approximate surface area is 120 Å². The maximum atomic E-state index is 11.9. The second-order valence-corrected chi connectivity index (χ2v) is 5.31. The van der Waals surface area contributed by atoms with E-state index in [4.69, 9.17) is 4.74 Å². The van der Waals surface area contributed by atoms with Crippen LogP contribution in [-0.2, 0) is 14.3 Å². The Hall–Kier alpha value is -1.14. The van der Waals surface area contributed by atoms with E-state index in [1.807, 2.05) is 11.8 Å². The van der Waals surface area contributed by atoms with Gasteiger partial charge in [-0.3, -0.25) is 14.5 Å². The summed E-state index contributed by atoms with van der Waals surface area (Å²) < 4.78 is 4.91. The number of amides is 1. The first-order valence-corrected chi connectivity index (χ1v) is 7.31. The molecule has 6 heteroatoms. The predicted molar refractivity (Wildman–Crippen MR) is 75.6 cm³/mol. The number of hydrogen-bond acceptors (Lipinski definition) is 4. The lowest BCUT2D eigenvalue weighted by atomic mass is 9.90. The third kappa shape index (κ3) is 4.18. The molecule has 1 atom stereocenters. The van der Waals surface area contributed by atoms with Crippen LogP contribution in [0.3, 0.4) is 0 Å². The van der Waals surface area contributed by atoms with E-state index in [1.54, 1.807) is 7.11 Å². The molecule has 0 aromatic heterocycles. The standard InChI is InChI=1S/C14H26N2O4/c1-3-6-14(13(18)19)7-4-9-16(14)11-12(17)15-8-5-10-20-2/h3-11H2,1-2H3,(H,15,17)(H,18,19). The lowest BCUT2D eigenvalue weighted by molar-refractivity contribution is -0.151. The smallest absolute Gasteiger partial charge is 0.324 e. The Bertz CT molecular complexity index is 335. The molecule has 1 saturated heterocycles. The Morgan fingerprint density at radius 1 is 1.45 bits per heavy atom. The monoisotopic (exact) mass is 286 g/mol. The van der Waals surface area contributed by atoms with Crippen LogP contribution in [0.4, 0.5) is 0 Å². The molecule has 1 amide bonds. The Balaban J connectivity index is 2.51. The quantitative estimate of drug-likeness (QED) is 0.615. The Morgan fingerprint density at radius 3 is 2.80 bits per heavy atom. The van der Waals surface area contributed by atoms with Crippen molar-refractivity contribution < 1.29 is 19.4 Å². The van der Waals surface area contributed by atoms with E-state index in [1.165, 1.54) is 0 Å². The van der Waals surface area contributed by atoms with Crippen molar-refractivity contribution in [2.75, 3.05) is 33.4 Å². The zero-order valence-electron chi connectivity index (χ0n) is 12.5. The topological polar surface area (TPSA) is 78.9 Å². The van der Waals surface area contributed by atoms with Gasteiger partial charge in [0.25, 0.3) is 0 Å². The van der Waals surface area contributed by atoms with Crippen molar-refractivity contribution in [1.29, 1.82) is 0 Å². The van der Waals surface area contributed by atoms with E-state index in [0.717, 1.165) is 19.3 Å². The summed E-state index contributed by atoms with van der Waals surface area (Å²) in [6.07, 6.45) is 3.63. The van der Waals surface area contributed by atoms with Gasteiger partial charge in [-0.1, -0.05) is 13.3 Å². The van der Waals surface area contributed by atoms with Crippen molar-refractivity contribution in [2.45, 2.75) is 44.6 Å². The molecule has 0 radical (unpaired) electrons. The highest BCUT2D eigenvalue weighted by molar-refractivity contribution is 5.82. The minimum Gasteiger partial charge on any atom is -0.480 e. The molecule has 20 heavy (non-hydrogen) atoms. The van der Waals surface area contributed by atoms with Gasteiger partial charge < -0.3 is 15.2 Å². The summed E-state index contributed by atoms with van der Waals surface area (Å²) in [7, 11) is 1.62. The number of carboxylic acids is 1. The highest BCUT2D eigenvalue weighted by atomic mass is 16.5. The van der Waals surface area contributed by atoms with Crippen LogP contribution in [0.5, 0.6) is 0 Å². The molecule has 0 aliphatic carbocycles. The number of hydrogen-bond donors (Lipinski definition) is 2. The molecule has 1 aliphatic rings. The minimum atomic E-state index is -0.849. The molecule has 1 rings (SSSR count). The van der Waals surface area contributed by atoms with Crippen LogP contribution in [0.15, 0.2) is 0 Å². The van der Waals surface area contributed by atoms with Crippen molar-refractivity contribution in [2.24, 2.45) is 0 Å². The van der Waals surface area contributed by atoms with Crippen LogP contribution in [0, 0.1) is 0 Å². The minimum absolute atomic E-state index is 0.107. The zero-order valence-corrected chi connectivity index (χ0v) is 12.5. The van der Waals surface area contributed by atoms with E-state index < -0.39 is 11.5 Å². The molecule has 0 bridgehead atoms. The van der Waals surface area contributed by atoms with Crippen molar-refractivity contribution >= 4 is 11.9 Å². The first-order valence-electron chi connectivity index (χ1n) is 7.31. The van der Waals surface area contributed by atoms with Gasteiger partial charge in [-0.15, -0.1) is 0 Å². The Morgan fingerprint density at radius 2 is 2.20 bits per heavy atom. The molecule has 0 spiro atoms. The SMILES string of the molecule is CCCC1(C(=O)O)CCCN1CC(=O)NCCCOC. The van der Waals surface area contributed by atoms with Gasteiger partial charge in [0.05, 0.1) is 6.54 Å². The summed E-state index contributed by atoms with van der Waals surface area (Å²) in [6.45, 7) is 4.00. The number of rotatable bonds is 9. The van der Waals surface area contributed by atoms with Gasteiger partial charge in [0.2, 0.25) is 5.91 Å². The van der Waals surface area contributed by atoms with Gasteiger partial charge in [-0.25, -0.2) is 0 Å². The fourth-order valence-corrected chi connectivity index (χ4v) is 2.88. The molecule has 1 aliphatic heterocycles. The number of carbonyl (C=O) groups is 2. The summed E-state index contributed by atoms with van der Waals surface area (Å²) >= 11 is 0. The van der Waals surface area contributed by atoms with Crippen LogP contribution in [0.2, 0.25) is 0 Å². The van der Waals surface area contributed by atoms with Crippen LogP contribution in [0.25, 0.3) is 0 Å². The van der Waals surface area contributed by atoms with Crippen LogP contribution >= 0.6 is 0 Å². The fourth-order valence-electron chi connectivity index (χ4n) is 2.88. The van der Waals surface area contributed by atoms with Crippen molar-refractivity contribution in [3.05, 3.63) is 0 Å². The summed E-state index contributed by atoms with van der Waals surface area (Å²) in [5, 5.41) is 12.3. The highest BCUT2D eigenvalue weighted by Crippen LogP contribution is 2.33. The second-order valence-electron chi connectivity index (χ2n) is 5.31. The van der Waals surface area contributed by atoms with E-state index in [9.17, 15) is 14.7 Å². The molecule has 1 heterocycles. The van der Waals surface area contributed by atoms with E-state index in [0.29, 0.717) is 32.5 Å². The van der Waals surface area contributed by atoms with Crippen LogP contribution in [0.1, 0.15) is 39.0 Å². The van der Waals surface area contributed by atoms with Gasteiger partial charge in [-0.05, 0) is 32.2 Å². The molecule has 116 valence electrons. The molecule has 1 fully saturated rings. The molecular weight excluding hydrogens is 260 g/mol. The van der Waals surface area contributed by atoms with Gasteiger partial charge in [-0.2, -0.15) is 0 Å². The first kappa shape index (κ1) is 16.9. The zero-order chi connectivity index (χ0) is 15.0. The fraction of sp³-hybridized carbons (Fsp3) is 0.857. The molecule has 0 aromatic rings. The van der Waals surface area contributed by atoms with E-state index >= 15 is 0 Å². The van der Waals surface area contributed by atoms with Crippen LogP contribution in [-0.4, -0.2) is 60.8 Å². The van der Waals surface area contributed by atoms with Gasteiger partial charge in [0.1, 0.15) is 5.54 Å². The number of methoxy groups -OCH3 is 1. The molecular formula is C14H26N2O4. The van der Waals surface area contributed by atoms with Crippen molar-refractivity contribution in [1.82, 2.24) is 10.2 Å². The van der Waals surface area contributed by atoms with Crippen molar-refractivity contribution in [3.63, 3.8) is 0 Å². The Kier molecular flexibility index (Phi) is 6.95. The summed E-state index contributed by atoms with van der Waals surface area (Å²) in [5.74, 6) is -0.909. The first-order chi connectivity index (χ1) is 9.56. The van der Waals surface area contributed by atoms with Gasteiger partial charge >= 0.3 is 5.97 Å². The molecule has 0 saturated carbocycles. The normalized spacial score (nSPS) is 22.9. The third-order valence-corrected chi connectivity index (χ3v) is 3.87. The predicted octanol–water partition coefficient (Wildman–Crippen LogP) is 0.858. The maximum Gasteiger partial charge on any atom is 0.324 e. The maximum absolute atomic E-state index is 11.9. The number of ether oxygens (including phenoxy) is 1. The largest absolute Gasteiger partial charge is 0.480 e. The summed E-state index contributed by atoms with van der Waals surface area (Å²) in [6, 6.07) is 0. The number of likely N-dealkylation sites (tertiary alicyclic amines) is 1. The average molecular weight is 286 g/mol. The van der Waals surface area contributed by atoms with E-state index in [-0.39, 0.29) is 12.5 Å². The van der Waals surface area contributed by atoms with E-state index in [2.05, 4.69) is 5.32 Å². The lowest BCUT2D eigenvalue weighted by Crippen LogP contribution is -2.53. The number of nitrogens with zero attached hydrogens (tertiary/aromatic N) is 1. The number of aliphatic carboxylic acids is 1. The lowest BCUT2D eigenvalue weighted by Gasteiger charge is -2.34. The number of nitrogens with one attached hydrogen (secondary N) is 1. The van der Waals surface area contributed by atoms with Gasteiger partial charge in [0, 0.05) is 20.3 Å². The summed E-state index contributed by atoms with van der Waals surface area (Å²) in [4.78, 5) is 25.3. The van der Waals surface area contributed by atoms with Gasteiger partial charge in [0.15, 0.2) is 0 Å². The summed E-state index contributed by atoms with van der Waals surface area (Å²) in [5.41, 5.74) is -0.849. The molecule has 2 N–H and O–H groups in total. The molecule has 0 aromatic carbocycles. The van der Waals surface area contributed by atoms with Crippen molar-refractivity contribution in [3.8, 4) is 0 Å².